The number of carboxylic acids is 1. The zero-order valence-electron chi connectivity index (χ0n) is 11.3. The molecular weight excluding hydrogens is 260 g/mol. The van der Waals surface area contributed by atoms with E-state index in [1.54, 1.807) is 12.1 Å². The minimum Gasteiger partial charge on any atom is -0.480 e. The summed E-state index contributed by atoms with van der Waals surface area (Å²) in [7, 11) is 1.53. The Bertz CT molecular complexity index is 518. The fourth-order valence-corrected chi connectivity index (χ4v) is 2.40. The molecule has 0 spiro atoms. The first kappa shape index (κ1) is 14.5. The Labute approximate surface area is 117 Å². The quantitative estimate of drug-likeness (QED) is 0.813. The van der Waals surface area contributed by atoms with Crippen LogP contribution in [0.5, 0.6) is 0 Å². The van der Waals surface area contributed by atoms with Crippen LogP contribution in [0.15, 0.2) is 24.3 Å². The van der Waals surface area contributed by atoms with Crippen LogP contribution < -0.4 is 10.6 Å². The van der Waals surface area contributed by atoms with Gasteiger partial charge in [-0.1, -0.05) is 18.2 Å². The first-order chi connectivity index (χ1) is 9.56. The average Bonchev–Trinajstić information content (AvgIpc) is 2.83. The molecule has 0 aliphatic carbocycles. The minimum atomic E-state index is -1.02. The average molecular weight is 278 g/mol. The number of aliphatic carboxylic acids is 1. The number of carbonyl (C=O) groups is 2. The molecule has 3 N–H and O–H groups in total. The van der Waals surface area contributed by atoms with E-state index in [0.717, 1.165) is 5.56 Å². The van der Waals surface area contributed by atoms with Crippen LogP contribution in [-0.2, 0) is 20.7 Å². The molecule has 0 fully saturated rings. The van der Waals surface area contributed by atoms with E-state index >= 15 is 0 Å². The molecule has 1 aliphatic heterocycles. The molecule has 2 rings (SSSR count). The second kappa shape index (κ2) is 6.02. The maximum absolute atomic E-state index is 12.4. The van der Waals surface area contributed by atoms with Gasteiger partial charge in [-0.3, -0.25) is 9.69 Å². The number of hydrogen-bond donors (Lipinski definition) is 2. The molecule has 6 heteroatoms. The molecule has 0 saturated carbocycles. The number of hydrogen-bond acceptors (Lipinski definition) is 4. The van der Waals surface area contributed by atoms with Crippen molar-refractivity contribution in [3.63, 3.8) is 0 Å². The van der Waals surface area contributed by atoms with E-state index in [-0.39, 0.29) is 5.91 Å². The summed E-state index contributed by atoms with van der Waals surface area (Å²) < 4.78 is 4.90. The Morgan fingerprint density at radius 1 is 1.50 bits per heavy atom. The standard InChI is InChI=1S/C14H18N2O4/c1-20-7-6-10(15)13(17)16-11-5-3-2-4-9(11)8-12(16)14(18)19/h2-5,10,12H,6-8,15H2,1H3,(H,18,19)/t10?,12-/m0/s1. The van der Waals surface area contributed by atoms with Gasteiger partial charge in [-0.15, -0.1) is 0 Å². The van der Waals surface area contributed by atoms with Gasteiger partial charge in [-0.25, -0.2) is 4.79 Å². The van der Waals surface area contributed by atoms with E-state index in [1.807, 2.05) is 12.1 Å². The Morgan fingerprint density at radius 3 is 2.85 bits per heavy atom. The number of nitrogens with two attached hydrogens (primary N) is 1. The number of methoxy groups -OCH3 is 1. The number of fused-ring (bicyclic) bond motifs is 1. The monoisotopic (exact) mass is 278 g/mol. The molecule has 20 heavy (non-hydrogen) atoms. The van der Waals surface area contributed by atoms with Gasteiger partial charge in [0, 0.05) is 25.8 Å². The van der Waals surface area contributed by atoms with Crippen molar-refractivity contribution in [2.75, 3.05) is 18.6 Å². The van der Waals surface area contributed by atoms with Crippen LogP contribution in [0.4, 0.5) is 5.69 Å². The highest BCUT2D eigenvalue weighted by atomic mass is 16.5. The van der Waals surface area contributed by atoms with Crippen LogP contribution >= 0.6 is 0 Å². The van der Waals surface area contributed by atoms with Crippen LogP contribution in [0.3, 0.4) is 0 Å². The molecule has 0 radical (unpaired) electrons. The molecule has 1 unspecified atom stereocenters. The highest BCUT2D eigenvalue weighted by Crippen LogP contribution is 2.32. The van der Waals surface area contributed by atoms with E-state index in [1.165, 1.54) is 12.0 Å². The SMILES string of the molecule is COCCC(N)C(=O)N1c2ccccc2C[C@H]1C(=O)O. The molecule has 1 amide bonds. The number of para-hydroxylation sites is 1. The number of rotatable bonds is 5. The molecule has 2 atom stereocenters. The lowest BCUT2D eigenvalue weighted by molar-refractivity contribution is -0.140. The summed E-state index contributed by atoms with van der Waals surface area (Å²) in [4.78, 5) is 25.1. The number of ether oxygens (including phenoxy) is 1. The van der Waals surface area contributed by atoms with Gasteiger partial charge in [0.15, 0.2) is 0 Å². The molecule has 0 saturated heterocycles. The third kappa shape index (κ3) is 2.66. The van der Waals surface area contributed by atoms with Gasteiger partial charge in [0.25, 0.3) is 0 Å². The summed E-state index contributed by atoms with van der Waals surface area (Å²) >= 11 is 0. The van der Waals surface area contributed by atoms with E-state index in [4.69, 9.17) is 10.5 Å². The van der Waals surface area contributed by atoms with Crippen LogP contribution in [0.25, 0.3) is 0 Å². The van der Waals surface area contributed by atoms with Crippen molar-refractivity contribution in [2.45, 2.75) is 24.9 Å². The predicted molar refractivity (Wildman–Crippen MR) is 73.5 cm³/mol. The largest absolute Gasteiger partial charge is 0.480 e. The molecule has 0 bridgehead atoms. The summed E-state index contributed by atoms with van der Waals surface area (Å²) in [5.74, 6) is -1.40. The third-order valence-electron chi connectivity index (χ3n) is 3.45. The van der Waals surface area contributed by atoms with Crippen molar-refractivity contribution >= 4 is 17.6 Å². The Morgan fingerprint density at radius 2 is 2.20 bits per heavy atom. The van der Waals surface area contributed by atoms with E-state index in [0.29, 0.717) is 25.1 Å². The summed E-state index contributed by atoms with van der Waals surface area (Å²) in [6.45, 7) is 0.361. The van der Waals surface area contributed by atoms with Crippen molar-refractivity contribution in [3.8, 4) is 0 Å². The van der Waals surface area contributed by atoms with Crippen molar-refractivity contribution in [1.29, 1.82) is 0 Å². The molecule has 6 nitrogen and oxygen atoms in total. The Kier molecular flexibility index (Phi) is 4.36. The smallest absolute Gasteiger partial charge is 0.327 e. The third-order valence-corrected chi connectivity index (χ3v) is 3.45. The van der Waals surface area contributed by atoms with Crippen LogP contribution in [0.2, 0.25) is 0 Å². The Balaban J connectivity index is 2.26. The van der Waals surface area contributed by atoms with Crippen LogP contribution in [0.1, 0.15) is 12.0 Å². The van der Waals surface area contributed by atoms with Crippen molar-refractivity contribution < 1.29 is 19.4 Å². The molecule has 1 aromatic rings. The van der Waals surface area contributed by atoms with Gasteiger partial charge in [0.1, 0.15) is 6.04 Å². The highest BCUT2D eigenvalue weighted by molar-refractivity contribution is 6.04. The molecule has 0 aromatic heterocycles. The number of nitrogens with zero attached hydrogens (tertiary/aromatic N) is 1. The second-order valence-electron chi connectivity index (χ2n) is 4.78. The maximum Gasteiger partial charge on any atom is 0.327 e. The lowest BCUT2D eigenvalue weighted by Crippen LogP contribution is -2.50. The normalized spacial score (nSPS) is 18.7. The van der Waals surface area contributed by atoms with Crippen molar-refractivity contribution in [3.05, 3.63) is 29.8 Å². The molecule has 1 aliphatic rings. The number of carbonyl (C=O) groups excluding carboxylic acids is 1. The molecule has 108 valence electrons. The van der Waals surface area contributed by atoms with E-state index in [9.17, 15) is 14.7 Å². The van der Waals surface area contributed by atoms with Crippen LogP contribution in [-0.4, -0.2) is 42.8 Å². The fraction of sp³-hybridized carbons (Fsp3) is 0.429. The zero-order chi connectivity index (χ0) is 14.7. The molecule has 1 heterocycles. The highest BCUT2D eigenvalue weighted by Gasteiger charge is 2.39. The number of amides is 1. The van der Waals surface area contributed by atoms with Gasteiger partial charge >= 0.3 is 5.97 Å². The van der Waals surface area contributed by atoms with Gasteiger partial charge in [0.05, 0.1) is 6.04 Å². The predicted octanol–water partition coefficient (Wildman–Crippen LogP) is 0.393. The minimum absolute atomic E-state index is 0.314. The molecular formula is C14H18N2O4. The summed E-state index contributed by atoms with van der Waals surface area (Å²) in [6.07, 6.45) is 0.675. The van der Waals surface area contributed by atoms with E-state index < -0.39 is 18.1 Å². The van der Waals surface area contributed by atoms with Gasteiger partial charge in [0.2, 0.25) is 5.91 Å². The van der Waals surface area contributed by atoms with Crippen molar-refractivity contribution in [2.24, 2.45) is 5.73 Å². The van der Waals surface area contributed by atoms with Gasteiger partial charge in [-0.2, -0.15) is 0 Å². The van der Waals surface area contributed by atoms with Gasteiger partial charge < -0.3 is 15.6 Å². The molecule has 1 aromatic carbocycles. The second-order valence-corrected chi connectivity index (χ2v) is 4.78. The lowest BCUT2D eigenvalue weighted by atomic mass is 10.1. The summed E-state index contributed by atoms with van der Waals surface area (Å²) in [6, 6.07) is 5.55. The summed E-state index contributed by atoms with van der Waals surface area (Å²) in [5.41, 5.74) is 7.33. The topological polar surface area (TPSA) is 92.9 Å². The first-order valence-corrected chi connectivity index (χ1v) is 6.44. The number of benzene rings is 1. The zero-order valence-corrected chi connectivity index (χ0v) is 11.3. The Hall–Kier alpha value is -1.92. The van der Waals surface area contributed by atoms with Gasteiger partial charge in [-0.05, 0) is 18.1 Å². The maximum atomic E-state index is 12.4. The van der Waals surface area contributed by atoms with Crippen LogP contribution in [0, 0.1) is 0 Å². The fourth-order valence-electron chi connectivity index (χ4n) is 2.40. The first-order valence-electron chi connectivity index (χ1n) is 6.44. The number of carboxylic acid groups (broad SMARTS) is 1. The van der Waals surface area contributed by atoms with E-state index in [2.05, 4.69) is 0 Å². The van der Waals surface area contributed by atoms with Crippen molar-refractivity contribution in [1.82, 2.24) is 0 Å². The number of anilines is 1. The summed E-state index contributed by atoms with van der Waals surface area (Å²) in [5, 5.41) is 9.30. The lowest BCUT2D eigenvalue weighted by Gasteiger charge is -2.25.